The highest BCUT2D eigenvalue weighted by Gasteiger charge is 2.25. The van der Waals surface area contributed by atoms with E-state index in [9.17, 15) is 24.2 Å². The fraction of sp³-hybridized carbons (Fsp3) is 0.263. The molecule has 1 amide bonds. The van der Waals surface area contributed by atoms with Crippen LogP contribution in [0.1, 0.15) is 38.4 Å². The van der Waals surface area contributed by atoms with Gasteiger partial charge in [0.25, 0.3) is 5.91 Å². The van der Waals surface area contributed by atoms with E-state index < -0.39 is 14.3 Å². The average Bonchev–Trinajstić information content (AvgIpc) is 2.64. The monoisotopic (exact) mass is 387 g/mol. The van der Waals surface area contributed by atoms with Crippen LogP contribution in [0.3, 0.4) is 0 Å². The lowest BCUT2D eigenvalue weighted by atomic mass is 9.77. The Bertz CT molecular complexity index is 850. The van der Waals surface area contributed by atoms with Gasteiger partial charge in [-0.15, -0.1) is 0 Å². The van der Waals surface area contributed by atoms with Gasteiger partial charge in [-0.05, 0) is 42.9 Å². The molecule has 0 aliphatic heterocycles. The number of hydrogen-bond donors (Lipinski definition) is 3. The van der Waals surface area contributed by atoms with Crippen molar-refractivity contribution < 1.29 is 24.2 Å². The molecule has 1 unspecified atom stereocenters. The summed E-state index contributed by atoms with van der Waals surface area (Å²) in [4.78, 5) is 23.4. The van der Waals surface area contributed by atoms with Crippen molar-refractivity contribution in [1.82, 2.24) is 5.32 Å². The van der Waals surface area contributed by atoms with E-state index in [1.165, 1.54) is 18.2 Å². The van der Waals surface area contributed by atoms with Gasteiger partial charge in [-0.3, -0.25) is 9.59 Å². The first-order chi connectivity index (χ1) is 12.7. The fourth-order valence-electron chi connectivity index (χ4n) is 2.99. The maximum absolute atomic E-state index is 12.6. The topological polar surface area (TPSA) is 104 Å². The number of aldehydes is 1. The van der Waals surface area contributed by atoms with Crippen molar-refractivity contribution in [3.8, 4) is 0 Å². The smallest absolute Gasteiger partial charge is 0.423 e. The average molecular weight is 387 g/mol. The normalized spacial score (nSPS) is 12.3. The molecule has 1 atom stereocenters. The summed E-state index contributed by atoms with van der Waals surface area (Å²) in [5.41, 5.74) is 1.16. The Morgan fingerprint density at radius 1 is 1.19 bits per heavy atom. The third-order valence-corrected chi connectivity index (χ3v) is 6.45. The molecule has 2 aromatic rings. The molecule has 142 valence electrons. The molecule has 0 saturated carbocycles. The number of hydrogen-bond acceptors (Lipinski definition) is 5. The van der Waals surface area contributed by atoms with Gasteiger partial charge in [0.05, 0.1) is 7.14 Å². The lowest BCUT2D eigenvalue weighted by Gasteiger charge is -2.22. The van der Waals surface area contributed by atoms with Crippen molar-refractivity contribution >= 4 is 31.9 Å². The van der Waals surface area contributed by atoms with E-state index in [1.54, 1.807) is 13.3 Å². The molecule has 3 N–H and O–H groups in total. The van der Waals surface area contributed by atoms with E-state index >= 15 is 0 Å². The zero-order valence-corrected chi connectivity index (χ0v) is 16.2. The molecule has 8 heteroatoms. The zero-order chi connectivity index (χ0) is 20.0. The molecular weight excluding hydrogens is 364 g/mol. The summed E-state index contributed by atoms with van der Waals surface area (Å²) in [6.07, 6.45) is 0.995. The molecule has 0 aliphatic carbocycles. The van der Waals surface area contributed by atoms with Crippen LogP contribution in [0.2, 0.25) is 0 Å². The molecule has 0 aliphatic rings. The highest BCUT2D eigenvalue weighted by Crippen LogP contribution is 2.54. The molecule has 0 radical (unpaired) electrons. The van der Waals surface area contributed by atoms with Gasteiger partial charge in [0, 0.05) is 23.3 Å². The third kappa shape index (κ3) is 5.63. The molecule has 27 heavy (non-hydrogen) atoms. The van der Waals surface area contributed by atoms with Crippen LogP contribution < -0.4 is 10.8 Å². The number of carbonyl (C=O) groups excluding carboxylic acids is 2. The molecule has 0 aromatic heterocycles. The molecule has 0 heterocycles. The van der Waals surface area contributed by atoms with E-state index in [1.807, 2.05) is 30.3 Å². The quantitative estimate of drug-likeness (QED) is 0.363. The molecule has 0 spiro atoms. The highest BCUT2D eigenvalue weighted by molar-refractivity contribution is 7.62. The number of benzene rings is 2. The predicted octanol–water partition coefficient (Wildman–Crippen LogP) is 1.66. The Hall–Kier alpha value is -2.21. The maximum Gasteiger partial charge on any atom is 0.489 e. The van der Waals surface area contributed by atoms with Crippen LogP contribution >= 0.6 is 7.14 Å². The van der Waals surface area contributed by atoms with E-state index in [2.05, 4.69) is 5.32 Å². The van der Waals surface area contributed by atoms with Crippen molar-refractivity contribution in [3.63, 3.8) is 0 Å². The van der Waals surface area contributed by atoms with Gasteiger partial charge >= 0.3 is 7.12 Å². The summed E-state index contributed by atoms with van der Waals surface area (Å²) in [7, 11) is -4.19. The zero-order valence-electron chi connectivity index (χ0n) is 15.3. The van der Waals surface area contributed by atoms with Gasteiger partial charge in [0.15, 0.2) is 0 Å². The summed E-state index contributed by atoms with van der Waals surface area (Å²) < 4.78 is 12.6. The first-order valence-corrected chi connectivity index (χ1v) is 11.2. The van der Waals surface area contributed by atoms with Crippen LogP contribution in [0.15, 0.2) is 48.5 Å². The van der Waals surface area contributed by atoms with Gasteiger partial charge in [-0.25, -0.2) is 0 Å². The van der Waals surface area contributed by atoms with E-state index in [4.69, 9.17) is 0 Å². The molecule has 0 fully saturated rings. The Kier molecular flexibility index (Phi) is 7.14. The van der Waals surface area contributed by atoms with Gasteiger partial charge in [0.1, 0.15) is 6.29 Å². The predicted molar refractivity (Wildman–Crippen MR) is 107 cm³/mol. The maximum atomic E-state index is 12.6. The summed E-state index contributed by atoms with van der Waals surface area (Å²) in [6.45, 7) is 3.80. The highest BCUT2D eigenvalue weighted by atomic mass is 31.2. The van der Waals surface area contributed by atoms with Crippen molar-refractivity contribution in [2.24, 2.45) is 0 Å². The van der Waals surface area contributed by atoms with Gasteiger partial charge in [-0.2, -0.15) is 0 Å². The van der Waals surface area contributed by atoms with E-state index in [-0.39, 0.29) is 28.2 Å². The van der Waals surface area contributed by atoms with Crippen LogP contribution in [-0.4, -0.2) is 49.2 Å². The van der Waals surface area contributed by atoms with Crippen molar-refractivity contribution in [3.05, 3.63) is 65.2 Å². The second kappa shape index (κ2) is 9.13. The Labute approximate surface area is 159 Å². The van der Waals surface area contributed by atoms with E-state index in [0.29, 0.717) is 19.3 Å². The lowest BCUT2D eigenvalue weighted by molar-refractivity contribution is 0.0953. The fourth-order valence-corrected chi connectivity index (χ4v) is 4.63. The van der Waals surface area contributed by atoms with Crippen molar-refractivity contribution in [1.29, 1.82) is 0 Å². The first-order valence-electron chi connectivity index (χ1n) is 8.57. The minimum Gasteiger partial charge on any atom is -0.423 e. The Balaban J connectivity index is 2.06. The summed E-state index contributed by atoms with van der Waals surface area (Å²) in [5, 5.41) is 21.2. The number of nitrogens with one attached hydrogen (secondary N) is 1. The Morgan fingerprint density at radius 2 is 1.85 bits per heavy atom. The van der Waals surface area contributed by atoms with Crippen LogP contribution in [0, 0.1) is 0 Å². The van der Waals surface area contributed by atoms with Crippen LogP contribution in [0.4, 0.5) is 0 Å². The number of rotatable bonds is 8. The van der Waals surface area contributed by atoms with Gasteiger partial charge in [-0.1, -0.05) is 36.4 Å². The number of carbonyl (C=O) groups is 2. The van der Waals surface area contributed by atoms with Crippen molar-refractivity contribution in [2.75, 3.05) is 19.9 Å². The van der Waals surface area contributed by atoms with Gasteiger partial charge < -0.3 is 19.9 Å². The van der Waals surface area contributed by atoms with Crippen molar-refractivity contribution in [2.45, 2.75) is 12.1 Å². The summed E-state index contributed by atoms with van der Waals surface area (Å²) in [5.74, 6) is -0.383. The molecule has 0 saturated heterocycles. The molecule has 2 aromatic carbocycles. The second-order valence-corrected chi connectivity index (χ2v) is 10.2. The number of amides is 1. The SMILES string of the molecule is CP(C)(=O)C(CCNC(=O)c1ccc(B(O)O)c(C=O)c1)c1ccccc1. The standard InChI is InChI=1S/C19H23BNO5P/c1-27(2,26)18(14-6-4-3-5-7-14)10-11-21-19(23)15-8-9-17(20(24)25)16(12-15)13-22/h3-9,12-13,18,24-25H,10-11H2,1-2H3,(H,21,23). The Morgan fingerprint density at radius 3 is 2.41 bits per heavy atom. The minimum atomic E-state index is -2.41. The van der Waals surface area contributed by atoms with Crippen LogP contribution in [0.25, 0.3) is 0 Å². The molecule has 2 rings (SSSR count). The van der Waals surface area contributed by atoms with E-state index in [0.717, 1.165) is 5.56 Å². The minimum absolute atomic E-state index is 0.0450. The summed E-state index contributed by atoms with van der Waals surface area (Å²) >= 11 is 0. The lowest BCUT2D eigenvalue weighted by Crippen LogP contribution is -2.34. The molecular formula is C19H23BNO5P. The molecule has 6 nitrogen and oxygen atoms in total. The van der Waals surface area contributed by atoms with Gasteiger partial charge in [0.2, 0.25) is 0 Å². The first kappa shape index (κ1) is 21.1. The van der Waals surface area contributed by atoms with Crippen LogP contribution in [0.5, 0.6) is 0 Å². The largest absolute Gasteiger partial charge is 0.489 e. The summed E-state index contributed by atoms with van der Waals surface area (Å²) in [6, 6.07) is 13.6. The van der Waals surface area contributed by atoms with Crippen LogP contribution in [-0.2, 0) is 4.57 Å². The molecule has 0 bridgehead atoms. The second-order valence-electron chi connectivity index (χ2n) is 6.74. The third-order valence-electron chi connectivity index (χ3n) is 4.39.